The number of hydrogen-bond acceptors (Lipinski definition) is 6. The predicted octanol–water partition coefficient (Wildman–Crippen LogP) is 16.7. The van der Waals surface area contributed by atoms with E-state index in [0.29, 0.717) is 24.1 Å². The van der Waals surface area contributed by atoms with Gasteiger partial charge in [-0.2, -0.15) is 0 Å². The van der Waals surface area contributed by atoms with Gasteiger partial charge in [-0.15, -0.1) is 0 Å². The average molecular weight is 913 g/mol. The van der Waals surface area contributed by atoms with Gasteiger partial charge in [-0.1, -0.05) is 212 Å². The minimum Gasteiger partial charge on any atom is -0.457 e. The lowest BCUT2D eigenvalue weighted by Crippen LogP contribution is -2.37. The first-order chi connectivity index (χ1) is 30.6. The van der Waals surface area contributed by atoms with Crippen molar-refractivity contribution in [2.45, 2.75) is 264 Å². The Morgan fingerprint density at radius 1 is 0.476 bits per heavy atom. The van der Waals surface area contributed by atoms with Gasteiger partial charge in [0, 0.05) is 13.0 Å². The number of allylic oxidation sites excluding steroid dienone is 4. The zero-order chi connectivity index (χ0) is 46.2. The molecule has 0 saturated carbocycles. The second-order valence-electron chi connectivity index (χ2n) is 19.6. The van der Waals surface area contributed by atoms with E-state index in [2.05, 4.69) is 38.2 Å². The van der Waals surface area contributed by atoms with Crippen LogP contribution in [0.5, 0.6) is 0 Å². The van der Waals surface area contributed by atoms with Crippen LogP contribution in [0.25, 0.3) is 0 Å². The molecule has 0 heterocycles. The number of hydrogen-bond donors (Lipinski definition) is 1. The number of rotatable bonds is 51. The standard InChI is InChI=1S/C54H106NO7P/c1-6-8-10-12-14-16-18-20-22-24-25-26-27-28-29-30-32-34-36-38-40-42-44-46-49-59-51-53(52-61-63(57,58)60-50-48-55(3,4)5)62-54(56)47-45-43-41-39-37-35-33-31-23-21-19-17-15-13-11-9-7-2/h21,23-25,53H,6-20,22,26-52H2,1-5H3/p+1/b23-21-,25-24-. The Balaban J connectivity index is 4.07. The Labute approximate surface area is 392 Å². The Kier molecular flexibility index (Phi) is 46.7. The highest BCUT2D eigenvalue weighted by Crippen LogP contribution is 2.43. The molecular weight excluding hydrogens is 806 g/mol. The molecule has 0 aliphatic rings. The molecule has 0 aromatic carbocycles. The van der Waals surface area contributed by atoms with Gasteiger partial charge in [0.1, 0.15) is 19.3 Å². The second kappa shape index (κ2) is 47.5. The summed E-state index contributed by atoms with van der Waals surface area (Å²) in [6.45, 7) is 5.66. The van der Waals surface area contributed by atoms with Gasteiger partial charge in [0.25, 0.3) is 0 Å². The van der Waals surface area contributed by atoms with Crippen molar-refractivity contribution in [3.05, 3.63) is 24.3 Å². The van der Waals surface area contributed by atoms with Crippen LogP contribution in [0.2, 0.25) is 0 Å². The number of likely N-dealkylation sites (N-methyl/N-ethyl adjacent to an activating group) is 1. The lowest BCUT2D eigenvalue weighted by Gasteiger charge is -2.24. The summed E-state index contributed by atoms with van der Waals surface area (Å²) >= 11 is 0. The molecule has 0 fully saturated rings. The van der Waals surface area contributed by atoms with Gasteiger partial charge in [-0.05, 0) is 64.2 Å². The Morgan fingerprint density at radius 2 is 0.825 bits per heavy atom. The molecule has 8 nitrogen and oxygen atoms in total. The summed E-state index contributed by atoms with van der Waals surface area (Å²) in [7, 11) is 1.68. The summed E-state index contributed by atoms with van der Waals surface area (Å²) in [6, 6.07) is 0. The summed E-state index contributed by atoms with van der Waals surface area (Å²) in [4.78, 5) is 23.0. The SMILES string of the molecule is CCCCCCCC/C=C\CCCCCCCCCC(=O)OC(COCCCCCCCCCCCCCC/C=C\CCCCCCCCCC)COP(=O)(O)OCC[N+](C)(C)C. The maximum atomic E-state index is 12.8. The predicted molar refractivity (Wildman–Crippen MR) is 270 cm³/mol. The largest absolute Gasteiger partial charge is 0.472 e. The van der Waals surface area contributed by atoms with Crippen molar-refractivity contribution in [3.8, 4) is 0 Å². The van der Waals surface area contributed by atoms with Crippen molar-refractivity contribution in [2.75, 3.05) is 54.1 Å². The second-order valence-corrected chi connectivity index (χ2v) is 21.1. The van der Waals surface area contributed by atoms with Crippen molar-refractivity contribution >= 4 is 13.8 Å². The van der Waals surface area contributed by atoms with Crippen LogP contribution >= 0.6 is 7.82 Å². The fourth-order valence-corrected chi connectivity index (χ4v) is 8.52. The smallest absolute Gasteiger partial charge is 0.457 e. The highest BCUT2D eigenvalue weighted by atomic mass is 31.2. The van der Waals surface area contributed by atoms with Crippen molar-refractivity contribution in [2.24, 2.45) is 0 Å². The first-order valence-electron chi connectivity index (χ1n) is 27.1. The van der Waals surface area contributed by atoms with E-state index in [1.807, 2.05) is 21.1 Å². The lowest BCUT2D eigenvalue weighted by molar-refractivity contribution is -0.870. The zero-order valence-electron chi connectivity index (χ0n) is 42.6. The number of phosphoric acid groups is 1. The van der Waals surface area contributed by atoms with E-state index in [9.17, 15) is 14.3 Å². The molecule has 0 amide bonds. The van der Waals surface area contributed by atoms with Gasteiger partial charge in [0.2, 0.25) is 0 Å². The fourth-order valence-electron chi connectivity index (χ4n) is 7.78. The Bertz CT molecular complexity index is 1060. The van der Waals surface area contributed by atoms with Crippen molar-refractivity contribution < 1.29 is 37.3 Å². The topological polar surface area (TPSA) is 91.3 Å². The molecule has 0 radical (unpaired) electrons. The normalized spacial score (nSPS) is 13.7. The van der Waals surface area contributed by atoms with Gasteiger partial charge in [-0.3, -0.25) is 13.8 Å². The molecule has 0 aliphatic heterocycles. The van der Waals surface area contributed by atoms with Gasteiger partial charge >= 0.3 is 13.8 Å². The van der Waals surface area contributed by atoms with Crippen LogP contribution in [0.3, 0.4) is 0 Å². The maximum absolute atomic E-state index is 12.8. The molecule has 0 aromatic heterocycles. The van der Waals surface area contributed by atoms with Crippen LogP contribution in [-0.2, 0) is 27.9 Å². The van der Waals surface area contributed by atoms with Crippen LogP contribution in [0, 0.1) is 0 Å². The third kappa shape index (κ3) is 51.8. The van der Waals surface area contributed by atoms with E-state index in [1.165, 1.54) is 205 Å². The Morgan fingerprint density at radius 3 is 1.21 bits per heavy atom. The fraction of sp³-hybridized carbons (Fsp3) is 0.907. The van der Waals surface area contributed by atoms with Crippen LogP contribution in [-0.4, -0.2) is 75.6 Å². The van der Waals surface area contributed by atoms with E-state index in [1.54, 1.807) is 0 Å². The van der Waals surface area contributed by atoms with Crippen LogP contribution in [0.15, 0.2) is 24.3 Å². The maximum Gasteiger partial charge on any atom is 0.472 e. The first kappa shape index (κ1) is 62.0. The molecule has 2 unspecified atom stereocenters. The van der Waals surface area contributed by atoms with Crippen molar-refractivity contribution in [1.29, 1.82) is 0 Å². The average Bonchev–Trinajstić information content (AvgIpc) is 3.24. The van der Waals surface area contributed by atoms with Gasteiger partial charge in [0.05, 0.1) is 34.4 Å². The molecule has 0 aliphatic carbocycles. The van der Waals surface area contributed by atoms with Crippen LogP contribution < -0.4 is 0 Å². The highest BCUT2D eigenvalue weighted by molar-refractivity contribution is 7.47. The minimum absolute atomic E-state index is 0.0896. The lowest BCUT2D eigenvalue weighted by atomic mass is 10.0. The van der Waals surface area contributed by atoms with E-state index in [4.69, 9.17) is 18.5 Å². The van der Waals surface area contributed by atoms with Crippen LogP contribution in [0.1, 0.15) is 258 Å². The number of unbranched alkanes of at least 4 members (excludes halogenated alkanes) is 33. The van der Waals surface area contributed by atoms with E-state index in [0.717, 1.165) is 32.1 Å². The number of carbonyl (C=O) groups excluding carboxylic acids is 1. The molecule has 374 valence electrons. The van der Waals surface area contributed by atoms with Crippen LogP contribution in [0.4, 0.5) is 0 Å². The van der Waals surface area contributed by atoms with Crippen molar-refractivity contribution in [1.82, 2.24) is 0 Å². The Hall–Kier alpha value is -1.02. The van der Waals surface area contributed by atoms with Crippen molar-refractivity contribution in [3.63, 3.8) is 0 Å². The number of esters is 1. The number of nitrogens with zero attached hydrogens (tertiary/aromatic N) is 1. The number of carbonyl (C=O) groups is 1. The molecule has 0 spiro atoms. The molecule has 0 aromatic rings. The molecule has 0 saturated heterocycles. The quantitative estimate of drug-likeness (QED) is 0.0214. The summed E-state index contributed by atoms with van der Waals surface area (Å²) in [5, 5.41) is 0. The molecule has 0 bridgehead atoms. The summed E-state index contributed by atoms with van der Waals surface area (Å²) in [5.74, 6) is -0.314. The molecule has 9 heteroatoms. The summed E-state index contributed by atoms with van der Waals surface area (Å²) in [6.07, 6.45) is 56.6. The molecule has 2 atom stereocenters. The molecule has 63 heavy (non-hydrogen) atoms. The van der Waals surface area contributed by atoms with E-state index < -0.39 is 13.9 Å². The number of quaternary nitrogens is 1. The molecular formula is C54H107NO7P+. The number of phosphoric ester groups is 1. The molecule has 1 N–H and O–H groups in total. The van der Waals surface area contributed by atoms with Gasteiger partial charge in [-0.25, -0.2) is 4.57 Å². The van der Waals surface area contributed by atoms with Gasteiger partial charge in [0.15, 0.2) is 0 Å². The monoisotopic (exact) mass is 913 g/mol. The summed E-state index contributed by atoms with van der Waals surface area (Å²) in [5.41, 5.74) is 0. The van der Waals surface area contributed by atoms with Gasteiger partial charge < -0.3 is 18.9 Å². The molecule has 0 rings (SSSR count). The third-order valence-corrected chi connectivity index (χ3v) is 13.0. The third-order valence-electron chi connectivity index (χ3n) is 12.0. The summed E-state index contributed by atoms with van der Waals surface area (Å²) < 4.78 is 35.2. The zero-order valence-corrected chi connectivity index (χ0v) is 43.5. The first-order valence-corrected chi connectivity index (χ1v) is 28.6. The highest BCUT2D eigenvalue weighted by Gasteiger charge is 2.26. The number of ether oxygens (including phenoxy) is 2. The van der Waals surface area contributed by atoms with E-state index >= 15 is 0 Å². The van der Waals surface area contributed by atoms with E-state index in [-0.39, 0.29) is 25.8 Å². The minimum atomic E-state index is -4.28.